The number of aromatic nitrogens is 2. The van der Waals surface area contributed by atoms with E-state index >= 15 is 0 Å². The fourth-order valence-electron chi connectivity index (χ4n) is 1.27. The quantitative estimate of drug-likeness (QED) is 0.684. The summed E-state index contributed by atoms with van der Waals surface area (Å²) in [6.07, 6.45) is 2.26. The first-order valence-electron chi connectivity index (χ1n) is 4.63. The van der Waals surface area contributed by atoms with E-state index in [2.05, 4.69) is 5.10 Å². The highest BCUT2D eigenvalue weighted by molar-refractivity contribution is 6.00. The maximum Gasteiger partial charge on any atom is 0.212 e. The van der Waals surface area contributed by atoms with Gasteiger partial charge >= 0.3 is 0 Å². The van der Waals surface area contributed by atoms with Crippen molar-refractivity contribution in [2.45, 2.75) is 25.9 Å². The Hall–Kier alpha value is -1.16. The van der Waals surface area contributed by atoms with E-state index in [0.29, 0.717) is 12.1 Å². The highest BCUT2D eigenvalue weighted by Crippen LogP contribution is 2.19. The molecular formula is C10H16N2O2. The van der Waals surface area contributed by atoms with Crippen LogP contribution in [-0.4, -0.2) is 28.3 Å². The second-order valence-corrected chi connectivity index (χ2v) is 3.46. The van der Waals surface area contributed by atoms with Crippen molar-refractivity contribution in [1.29, 1.82) is 0 Å². The van der Waals surface area contributed by atoms with Crippen LogP contribution in [-0.2, 0) is 11.8 Å². The molecule has 0 N–H and O–H groups in total. The van der Waals surface area contributed by atoms with Gasteiger partial charge in [-0.1, -0.05) is 6.92 Å². The lowest BCUT2D eigenvalue weighted by atomic mass is 9.95. The summed E-state index contributed by atoms with van der Waals surface area (Å²) in [4.78, 5) is 12.0. The molecule has 1 aromatic heterocycles. The number of hydrogen-bond acceptors (Lipinski definition) is 3. The molecule has 0 fully saturated rings. The molecule has 4 nitrogen and oxygen atoms in total. The van der Waals surface area contributed by atoms with Crippen molar-refractivity contribution >= 4 is 5.78 Å². The van der Waals surface area contributed by atoms with E-state index in [1.54, 1.807) is 38.0 Å². The third-order valence-corrected chi connectivity index (χ3v) is 2.66. The van der Waals surface area contributed by atoms with Gasteiger partial charge in [0.2, 0.25) is 5.78 Å². The van der Waals surface area contributed by atoms with Crippen LogP contribution in [0.4, 0.5) is 0 Å². The first kappa shape index (κ1) is 10.9. The van der Waals surface area contributed by atoms with Crippen molar-refractivity contribution in [2.75, 3.05) is 7.11 Å². The fourth-order valence-corrected chi connectivity index (χ4v) is 1.27. The van der Waals surface area contributed by atoms with Gasteiger partial charge in [-0.3, -0.25) is 9.48 Å². The maximum atomic E-state index is 12.0. The molecular weight excluding hydrogens is 180 g/mol. The maximum absolute atomic E-state index is 12.0. The van der Waals surface area contributed by atoms with E-state index in [9.17, 15) is 4.79 Å². The Morgan fingerprint density at radius 3 is 2.71 bits per heavy atom. The molecule has 0 saturated heterocycles. The van der Waals surface area contributed by atoms with Crippen molar-refractivity contribution in [3.05, 3.63) is 18.0 Å². The van der Waals surface area contributed by atoms with Gasteiger partial charge in [-0.05, 0) is 19.4 Å². The summed E-state index contributed by atoms with van der Waals surface area (Å²) < 4.78 is 6.80. The average Bonchev–Trinajstić information content (AvgIpc) is 2.62. The van der Waals surface area contributed by atoms with Gasteiger partial charge in [0.15, 0.2) is 0 Å². The largest absolute Gasteiger partial charge is 0.370 e. The molecule has 0 spiro atoms. The molecule has 0 bridgehead atoms. The van der Waals surface area contributed by atoms with Crippen molar-refractivity contribution < 1.29 is 9.53 Å². The topological polar surface area (TPSA) is 44.1 Å². The monoisotopic (exact) mass is 196 g/mol. The second-order valence-electron chi connectivity index (χ2n) is 3.46. The molecule has 1 atom stereocenters. The van der Waals surface area contributed by atoms with E-state index in [0.717, 1.165) is 0 Å². The lowest BCUT2D eigenvalue weighted by molar-refractivity contribution is 0.00979. The summed E-state index contributed by atoms with van der Waals surface area (Å²) >= 11 is 0. The molecule has 1 unspecified atom stereocenters. The minimum atomic E-state index is -0.742. The van der Waals surface area contributed by atoms with Gasteiger partial charge in [-0.2, -0.15) is 5.10 Å². The van der Waals surface area contributed by atoms with E-state index in [-0.39, 0.29) is 5.78 Å². The van der Waals surface area contributed by atoms with Crippen LogP contribution in [0, 0.1) is 0 Å². The third-order valence-electron chi connectivity index (χ3n) is 2.66. The molecule has 78 valence electrons. The molecule has 4 heteroatoms. The van der Waals surface area contributed by atoms with E-state index < -0.39 is 5.60 Å². The van der Waals surface area contributed by atoms with Crippen molar-refractivity contribution in [1.82, 2.24) is 9.78 Å². The number of carbonyl (C=O) groups excluding carboxylic acids is 1. The predicted molar refractivity (Wildman–Crippen MR) is 53.2 cm³/mol. The standard InChI is InChI=1S/C10H16N2O2/c1-5-10(2,14-4)9(13)8-6-7-11-12(8)3/h6-7H,5H2,1-4H3. The summed E-state index contributed by atoms with van der Waals surface area (Å²) in [5, 5.41) is 3.96. The lowest BCUT2D eigenvalue weighted by Gasteiger charge is -2.24. The second kappa shape index (κ2) is 3.92. The number of aryl methyl sites for hydroxylation is 1. The molecule has 1 aromatic rings. The number of ketones is 1. The van der Waals surface area contributed by atoms with Crippen LogP contribution in [0.5, 0.6) is 0 Å². The summed E-state index contributed by atoms with van der Waals surface area (Å²) in [7, 11) is 3.30. The Kier molecular flexibility index (Phi) is 3.06. The van der Waals surface area contributed by atoms with Crippen molar-refractivity contribution in [3.63, 3.8) is 0 Å². The summed E-state index contributed by atoms with van der Waals surface area (Å²) in [5.74, 6) is -0.0255. The highest BCUT2D eigenvalue weighted by atomic mass is 16.5. The summed E-state index contributed by atoms with van der Waals surface area (Å²) in [5.41, 5.74) is -0.162. The molecule has 0 aromatic carbocycles. The van der Waals surface area contributed by atoms with Crippen LogP contribution in [0.1, 0.15) is 30.8 Å². The van der Waals surface area contributed by atoms with Gasteiger partial charge in [-0.15, -0.1) is 0 Å². The van der Waals surface area contributed by atoms with Gasteiger partial charge in [0.1, 0.15) is 11.3 Å². The zero-order chi connectivity index (χ0) is 10.8. The zero-order valence-electron chi connectivity index (χ0n) is 9.07. The molecule has 14 heavy (non-hydrogen) atoms. The number of Topliss-reactive ketones (excluding diaryl/α,β-unsaturated/α-hetero) is 1. The summed E-state index contributed by atoms with van der Waals surface area (Å²) in [6, 6.07) is 1.70. The van der Waals surface area contributed by atoms with Crippen LogP contribution in [0.25, 0.3) is 0 Å². The molecule has 0 saturated carbocycles. The first-order chi connectivity index (χ1) is 6.55. The Morgan fingerprint density at radius 1 is 1.71 bits per heavy atom. The van der Waals surface area contributed by atoms with Gasteiger partial charge in [0, 0.05) is 20.4 Å². The highest BCUT2D eigenvalue weighted by Gasteiger charge is 2.33. The number of carbonyl (C=O) groups is 1. The Morgan fingerprint density at radius 2 is 2.36 bits per heavy atom. The molecule has 0 aliphatic carbocycles. The Balaban J connectivity index is 3.01. The van der Waals surface area contributed by atoms with E-state index in [4.69, 9.17) is 4.74 Å². The smallest absolute Gasteiger partial charge is 0.212 e. The number of hydrogen-bond donors (Lipinski definition) is 0. The van der Waals surface area contributed by atoms with E-state index in [1.165, 1.54) is 0 Å². The van der Waals surface area contributed by atoms with Crippen molar-refractivity contribution in [2.24, 2.45) is 7.05 Å². The summed E-state index contributed by atoms with van der Waals surface area (Å²) in [6.45, 7) is 3.72. The van der Waals surface area contributed by atoms with Gasteiger partial charge < -0.3 is 4.74 Å². The van der Waals surface area contributed by atoms with Crippen LogP contribution in [0.15, 0.2) is 12.3 Å². The van der Waals surface area contributed by atoms with Gasteiger partial charge in [-0.25, -0.2) is 0 Å². The van der Waals surface area contributed by atoms with Crippen LogP contribution < -0.4 is 0 Å². The normalized spacial score (nSPS) is 15.1. The Bertz CT molecular complexity index is 327. The van der Waals surface area contributed by atoms with Crippen molar-refractivity contribution in [3.8, 4) is 0 Å². The number of nitrogens with zero attached hydrogens (tertiary/aromatic N) is 2. The molecule has 1 heterocycles. The SMILES string of the molecule is CCC(C)(OC)C(=O)c1ccnn1C. The molecule has 0 amide bonds. The van der Waals surface area contributed by atoms with Gasteiger partial charge in [0.05, 0.1) is 0 Å². The molecule has 0 radical (unpaired) electrons. The molecule has 1 rings (SSSR count). The lowest BCUT2D eigenvalue weighted by Crippen LogP contribution is -2.37. The number of ether oxygens (including phenoxy) is 1. The first-order valence-corrected chi connectivity index (χ1v) is 4.63. The van der Waals surface area contributed by atoms with Gasteiger partial charge in [0.25, 0.3) is 0 Å². The van der Waals surface area contributed by atoms with Crippen LogP contribution >= 0.6 is 0 Å². The van der Waals surface area contributed by atoms with Crippen LogP contribution in [0.3, 0.4) is 0 Å². The minimum Gasteiger partial charge on any atom is -0.370 e. The minimum absolute atomic E-state index is 0.0255. The van der Waals surface area contributed by atoms with E-state index in [1.807, 2.05) is 6.92 Å². The molecule has 0 aliphatic heterocycles. The number of methoxy groups -OCH3 is 1. The zero-order valence-corrected chi connectivity index (χ0v) is 9.07. The average molecular weight is 196 g/mol. The third kappa shape index (κ3) is 1.70. The fraction of sp³-hybridized carbons (Fsp3) is 0.600. The number of rotatable bonds is 4. The molecule has 0 aliphatic rings. The van der Waals surface area contributed by atoms with Crippen LogP contribution in [0.2, 0.25) is 0 Å². The Labute approximate surface area is 83.9 Å². The predicted octanol–water partition coefficient (Wildman–Crippen LogP) is 1.42.